The lowest BCUT2D eigenvalue weighted by atomic mass is 10.1. The molecule has 1 aromatic heterocycles. The molecule has 0 aromatic carbocycles. The first-order chi connectivity index (χ1) is 7.85. The Morgan fingerprint density at radius 3 is 2.76 bits per heavy atom. The molecule has 7 heteroatoms. The Morgan fingerprint density at radius 2 is 2.24 bits per heavy atom. The number of rotatable bonds is 5. The highest BCUT2D eigenvalue weighted by molar-refractivity contribution is 6.29. The predicted molar refractivity (Wildman–Crippen MR) is 62.4 cm³/mol. The third kappa shape index (κ3) is 3.85. The summed E-state index contributed by atoms with van der Waals surface area (Å²) in [6.07, 6.45) is 0. The van der Waals surface area contributed by atoms with E-state index in [4.69, 9.17) is 21.8 Å². The molecule has 1 atom stereocenters. The molecule has 6 nitrogen and oxygen atoms in total. The van der Waals surface area contributed by atoms with Gasteiger partial charge < -0.3 is 20.6 Å². The highest BCUT2D eigenvalue weighted by Crippen LogP contribution is 2.17. The van der Waals surface area contributed by atoms with Gasteiger partial charge in [-0.15, -0.1) is 0 Å². The van der Waals surface area contributed by atoms with Crippen LogP contribution in [0.25, 0.3) is 0 Å². The van der Waals surface area contributed by atoms with Crippen molar-refractivity contribution >= 4 is 23.4 Å². The normalized spacial score (nSPS) is 14.1. The fraction of sp³-hybridized carbons (Fsp3) is 0.400. The summed E-state index contributed by atoms with van der Waals surface area (Å²) in [5, 5.41) is 30.1. The molecule has 1 unspecified atom stereocenters. The minimum atomic E-state index is -1.36. The molecule has 0 saturated carbocycles. The highest BCUT2D eigenvalue weighted by Gasteiger charge is 2.20. The van der Waals surface area contributed by atoms with Gasteiger partial charge in [-0.05, 0) is 19.1 Å². The monoisotopic (exact) mass is 260 g/mol. The number of aromatic carboxylic acids is 1. The molecule has 0 amide bonds. The van der Waals surface area contributed by atoms with E-state index in [1.54, 1.807) is 0 Å². The van der Waals surface area contributed by atoms with E-state index >= 15 is 0 Å². The third-order valence-corrected chi connectivity index (χ3v) is 2.28. The smallest absolute Gasteiger partial charge is 0.339 e. The van der Waals surface area contributed by atoms with Crippen molar-refractivity contribution in [3.05, 3.63) is 22.8 Å². The molecule has 1 heterocycles. The number of carboxylic acids is 1. The number of aliphatic hydroxyl groups is 2. The summed E-state index contributed by atoms with van der Waals surface area (Å²) < 4.78 is 0. The van der Waals surface area contributed by atoms with Crippen molar-refractivity contribution in [3.63, 3.8) is 0 Å². The number of pyridine rings is 1. The van der Waals surface area contributed by atoms with E-state index in [2.05, 4.69) is 10.3 Å². The van der Waals surface area contributed by atoms with Gasteiger partial charge in [0, 0.05) is 6.54 Å². The van der Waals surface area contributed by atoms with E-state index in [-0.39, 0.29) is 23.1 Å². The number of aliphatic hydroxyl groups excluding tert-OH is 1. The zero-order valence-corrected chi connectivity index (χ0v) is 9.90. The van der Waals surface area contributed by atoms with E-state index in [0.717, 1.165) is 0 Å². The first-order valence-electron chi connectivity index (χ1n) is 4.83. The van der Waals surface area contributed by atoms with Crippen molar-refractivity contribution in [2.45, 2.75) is 12.5 Å². The van der Waals surface area contributed by atoms with Gasteiger partial charge in [-0.3, -0.25) is 0 Å². The fourth-order valence-electron chi connectivity index (χ4n) is 1.07. The summed E-state index contributed by atoms with van der Waals surface area (Å²) >= 11 is 5.65. The molecule has 4 N–H and O–H groups in total. The average Bonchev–Trinajstić information content (AvgIpc) is 2.26. The molecule has 1 aromatic rings. The Labute approximate surface area is 103 Å². The second kappa shape index (κ2) is 5.31. The van der Waals surface area contributed by atoms with Crippen molar-refractivity contribution in [2.24, 2.45) is 0 Å². The van der Waals surface area contributed by atoms with Gasteiger partial charge >= 0.3 is 5.97 Å². The lowest BCUT2D eigenvalue weighted by Crippen LogP contribution is -2.37. The first-order valence-corrected chi connectivity index (χ1v) is 5.20. The largest absolute Gasteiger partial charge is 0.478 e. The van der Waals surface area contributed by atoms with Gasteiger partial charge in [-0.25, -0.2) is 9.78 Å². The van der Waals surface area contributed by atoms with Gasteiger partial charge in [0.25, 0.3) is 0 Å². The molecule has 0 aliphatic heterocycles. The zero-order chi connectivity index (χ0) is 13.1. The highest BCUT2D eigenvalue weighted by atomic mass is 35.5. The van der Waals surface area contributed by atoms with Crippen molar-refractivity contribution in [3.8, 4) is 0 Å². The van der Waals surface area contributed by atoms with Gasteiger partial charge in [0.15, 0.2) is 0 Å². The zero-order valence-electron chi connectivity index (χ0n) is 9.14. The Hall–Kier alpha value is -1.37. The second-order valence-electron chi connectivity index (χ2n) is 3.84. The standard InChI is InChI=1S/C10H13ClN2O4/c1-10(17,5-14)4-12-8-6(9(15)16)2-3-7(11)13-8/h2-3,14,17H,4-5H2,1H3,(H,12,13)(H,15,16). The predicted octanol–water partition coefficient (Wildman–Crippen LogP) is 0.588. The van der Waals surface area contributed by atoms with Crippen LogP contribution in [-0.4, -0.2) is 45.0 Å². The van der Waals surface area contributed by atoms with E-state index < -0.39 is 18.2 Å². The molecule has 0 spiro atoms. The maximum absolute atomic E-state index is 10.9. The number of nitrogens with zero attached hydrogens (tertiary/aromatic N) is 1. The summed E-state index contributed by atoms with van der Waals surface area (Å²) in [5.41, 5.74) is -1.41. The number of halogens is 1. The second-order valence-corrected chi connectivity index (χ2v) is 4.23. The maximum atomic E-state index is 10.9. The van der Waals surface area contributed by atoms with E-state index in [0.29, 0.717) is 0 Å². The van der Waals surface area contributed by atoms with Gasteiger partial charge in [0.05, 0.1) is 6.61 Å². The molecule has 0 radical (unpaired) electrons. The molecule has 0 bridgehead atoms. The van der Waals surface area contributed by atoms with E-state index in [9.17, 15) is 9.90 Å². The maximum Gasteiger partial charge on any atom is 0.339 e. The van der Waals surface area contributed by atoms with Crippen LogP contribution in [-0.2, 0) is 0 Å². The minimum absolute atomic E-state index is 0.0445. The molecule has 0 aliphatic carbocycles. The van der Waals surface area contributed by atoms with Gasteiger partial charge in [0.1, 0.15) is 22.1 Å². The number of anilines is 1. The van der Waals surface area contributed by atoms with Crippen molar-refractivity contribution in [2.75, 3.05) is 18.5 Å². The number of aromatic nitrogens is 1. The quantitative estimate of drug-likeness (QED) is 0.578. The van der Waals surface area contributed by atoms with Crippen LogP contribution >= 0.6 is 11.6 Å². The van der Waals surface area contributed by atoms with E-state index in [1.807, 2.05) is 0 Å². The van der Waals surface area contributed by atoms with Crippen LogP contribution in [0.3, 0.4) is 0 Å². The van der Waals surface area contributed by atoms with Crippen molar-refractivity contribution < 1.29 is 20.1 Å². The van der Waals surface area contributed by atoms with Gasteiger partial charge in [-0.1, -0.05) is 11.6 Å². The van der Waals surface area contributed by atoms with Crippen LogP contribution in [0, 0.1) is 0 Å². The van der Waals surface area contributed by atoms with Crippen LogP contribution in [0.15, 0.2) is 12.1 Å². The molecule has 1 rings (SSSR count). The summed E-state index contributed by atoms with van der Waals surface area (Å²) in [6, 6.07) is 2.67. The topological polar surface area (TPSA) is 103 Å². The van der Waals surface area contributed by atoms with Crippen LogP contribution in [0.5, 0.6) is 0 Å². The average molecular weight is 261 g/mol. The van der Waals surface area contributed by atoms with Crippen molar-refractivity contribution in [1.82, 2.24) is 4.98 Å². The molecule has 0 saturated heterocycles. The third-order valence-electron chi connectivity index (χ3n) is 2.07. The van der Waals surface area contributed by atoms with Crippen molar-refractivity contribution in [1.29, 1.82) is 0 Å². The Balaban J connectivity index is 2.89. The molecule has 0 aliphatic rings. The Kier molecular flexibility index (Phi) is 4.28. The molecular formula is C10H13ClN2O4. The number of hydrogen-bond acceptors (Lipinski definition) is 5. The minimum Gasteiger partial charge on any atom is -0.478 e. The first kappa shape index (κ1) is 13.7. The Morgan fingerprint density at radius 1 is 1.59 bits per heavy atom. The van der Waals surface area contributed by atoms with Crippen LogP contribution in [0.1, 0.15) is 17.3 Å². The Bertz CT molecular complexity index is 423. The molecular weight excluding hydrogens is 248 g/mol. The summed E-state index contributed by atoms with van der Waals surface area (Å²) in [5.74, 6) is -1.10. The lowest BCUT2D eigenvalue weighted by Gasteiger charge is -2.21. The van der Waals surface area contributed by atoms with E-state index in [1.165, 1.54) is 19.1 Å². The number of carbonyl (C=O) groups is 1. The summed E-state index contributed by atoms with van der Waals surface area (Å²) in [4.78, 5) is 14.7. The number of nitrogens with one attached hydrogen (secondary N) is 1. The lowest BCUT2D eigenvalue weighted by molar-refractivity contribution is 0.0131. The number of carboxylic acid groups (broad SMARTS) is 1. The van der Waals surface area contributed by atoms with Crippen LogP contribution in [0.2, 0.25) is 5.15 Å². The molecule has 0 fully saturated rings. The number of hydrogen-bond donors (Lipinski definition) is 4. The van der Waals surface area contributed by atoms with Crippen LogP contribution in [0.4, 0.5) is 5.82 Å². The SMILES string of the molecule is CC(O)(CO)CNc1nc(Cl)ccc1C(=O)O. The fourth-order valence-corrected chi connectivity index (χ4v) is 1.22. The van der Waals surface area contributed by atoms with Gasteiger partial charge in [0.2, 0.25) is 0 Å². The van der Waals surface area contributed by atoms with Gasteiger partial charge in [-0.2, -0.15) is 0 Å². The summed E-state index contributed by atoms with van der Waals surface area (Å²) in [7, 11) is 0. The molecule has 94 valence electrons. The van der Waals surface area contributed by atoms with Crippen LogP contribution < -0.4 is 5.32 Å². The summed E-state index contributed by atoms with van der Waals surface area (Å²) in [6.45, 7) is 0.908. The molecule has 17 heavy (non-hydrogen) atoms.